The zero-order chi connectivity index (χ0) is 18.2. The zero-order valence-corrected chi connectivity index (χ0v) is 13.8. The minimum absolute atomic E-state index is 0.348. The summed E-state index contributed by atoms with van der Waals surface area (Å²) >= 11 is 0. The van der Waals surface area contributed by atoms with Gasteiger partial charge in [0, 0.05) is 6.92 Å². The molecule has 1 aliphatic carbocycles. The molecule has 0 saturated heterocycles. The first-order valence-electron chi connectivity index (χ1n) is 7.66. The quantitative estimate of drug-likeness (QED) is 0.857. The van der Waals surface area contributed by atoms with E-state index < -0.39 is 28.8 Å². The Morgan fingerprint density at radius 1 is 1.21 bits per heavy atom. The summed E-state index contributed by atoms with van der Waals surface area (Å²) < 4.78 is 43.5. The van der Waals surface area contributed by atoms with E-state index in [4.69, 9.17) is 4.74 Å². The van der Waals surface area contributed by atoms with Crippen LogP contribution in [0.25, 0.3) is 0 Å². The highest BCUT2D eigenvalue weighted by atomic mass is 19.4. The lowest BCUT2D eigenvalue weighted by atomic mass is 9.69. The number of rotatable bonds is 3. The van der Waals surface area contributed by atoms with Gasteiger partial charge in [0.05, 0.1) is 5.56 Å². The van der Waals surface area contributed by atoms with Gasteiger partial charge in [-0.3, -0.25) is 9.59 Å². The van der Waals surface area contributed by atoms with E-state index in [-0.39, 0.29) is 5.78 Å². The first-order valence-corrected chi connectivity index (χ1v) is 7.66. The van der Waals surface area contributed by atoms with Crippen molar-refractivity contribution in [2.45, 2.75) is 50.4 Å². The Balaban J connectivity index is 2.44. The predicted molar refractivity (Wildman–Crippen MR) is 81.2 cm³/mol. The lowest BCUT2D eigenvalue weighted by Crippen LogP contribution is -2.60. The van der Waals surface area contributed by atoms with E-state index in [9.17, 15) is 22.8 Å². The minimum Gasteiger partial charge on any atom is -0.451 e. The largest absolute Gasteiger partial charge is 0.451 e. The zero-order valence-electron chi connectivity index (χ0n) is 13.8. The van der Waals surface area contributed by atoms with Crippen molar-refractivity contribution in [1.29, 1.82) is 0 Å². The van der Waals surface area contributed by atoms with Crippen molar-refractivity contribution in [2.24, 2.45) is 0 Å². The third-order valence-corrected chi connectivity index (χ3v) is 4.57. The summed E-state index contributed by atoms with van der Waals surface area (Å²) in [5, 5.41) is 2.95. The molecule has 7 heteroatoms. The number of alkyl halides is 3. The summed E-state index contributed by atoms with van der Waals surface area (Å²) in [6, 6.07) is 4.52. The van der Waals surface area contributed by atoms with Crippen molar-refractivity contribution in [3.8, 4) is 0 Å². The highest BCUT2D eigenvalue weighted by Gasteiger charge is 2.53. The standard InChI is InChI=1S/C17H20F3NO3/c1-11(22)24-15(2)9-4-10-16(21-3,14(15)23)12-5-7-13(8-6-12)17(18,19)20/h5-8,21H,4,9-10H2,1-3H3/t15-,16+/m0/s1. The maximum absolute atomic E-state index is 13.1. The number of esters is 1. The van der Waals surface area contributed by atoms with Gasteiger partial charge in [-0.2, -0.15) is 13.2 Å². The molecular formula is C17H20F3NO3. The SMILES string of the molecule is CN[C@@]1(c2ccc(C(F)(F)F)cc2)CCC[C@](C)(OC(C)=O)C1=O. The first-order chi connectivity index (χ1) is 11.0. The number of hydrogen-bond donors (Lipinski definition) is 1. The minimum atomic E-state index is -4.44. The molecule has 1 N–H and O–H groups in total. The Kier molecular flexibility index (Phi) is 4.77. The van der Waals surface area contributed by atoms with Gasteiger partial charge in [-0.1, -0.05) is 12.1 Å². The average Bonchev–Trinajstić information content (AvgIpc) is 2.49. The maximum Gasteiger partial charge on any atom is 0.416 e. The van der Waals surface area contributed by atoms with E-state index in [1.54, 1.807) is 14.0 Å². The lowest BCUT2D eigenvalue weighted by Gasteiger charge is -2.44. The van der Waals surface area contributed by atoms with Crippen molar-refractivity contribution < 1.29 is 27.5 Å². The van der Waals surface area contributed by atoms with Crippen LogP contribution in [0.2, 0.25) is 0 Å². The van der Waals surface area contributed by atoms with Crippen molar-refractivity contribution in [3.63, 3.8) is 0 Å². The molecule has 0 heterocycles. The van der Waals surface area contributed by atoms with Crippen LogP contribution in [0.1, 0.15) is 44.2 Å². The molecular weight excluding hydrogens is 323 g/mol. The Bertz CT molecular complexity index is 641. The number of nitrogens with one attached hydrogen (secondary N) is 1. The van der Waals surface area contributed by atoms with Gasteiger partial charge in [-0.15, -0.1) is 0 Å². The molecule has 1 saturated carbocycles. The van der Waals surface area contributed by atoms with Gasteiger partial charge < -0.3 is 10.1 Å². The van der Waals surface area contributed by atoms with Gasteiger partial charge in [-0.05, 0) is 50.9 Å². The molecule has 1 aromatic carbocycles. The number of carbonyl (C=O) groups excluding carboxylic acids is 2. The van der Waals surface area contributed by atoms with Crippen LogP contribution in [0.5, 0.6) is 0 Å². The molecule has 0 spiro atoms. The van der Waals surface area contributed by atoms with E-state index in [0.29, 0.717) is 24.8 Å². The number of ether oxygens (including phenoxy) is 1. The van der Waals surface area contributed by atoms with Crippen LogP contribution in [0.3, 0.4) is 0 Å². The number of hydrogen-bond acceptors (Lipinski definition) is 4. The van der Waals surface area contributed by atoms with Gasteiger partial charge in [-0.25, -0.2) is 0 Å². The van der Waals surface area contributed by atoms with Gasteiger partial charge in [0.1, 0.15) is 5.54 Å². The normalized spacial score (nSPS) is 27.8. The van der Waals surface area contributed by atoms with Gasteiger partial charge >= 0.3 is 12.1 Å². The molecule has 2 rings (SSSR count). The molecule has 0 amide bonds. The molecule has 1 aromatic rings. The highest BCUT2D eigenvalue weighted by Crippen LogP contribution is 2.41. The fourth-order valence-electron chi connectivity index (χ4n) is 3.39. The van der Waals surface area contributed by atoms with Crippen LogP contribution in [0.15, 0.2) is 24.3 Å². The van der Waals surface area contributed by atoms with E-state index in [0.717, 1.165) is 12.1 Å². The Hall–Kier alpha value is -1.89. The van der Waals surface area contributed by atoms with Crippen molar-refractivity contribution >= 4 is 11.8 Å². The molecule has 4 nitrogen and oxygen atoms in total. The van der Waals surface area contributed by atoms with Gasteiger partial charge in [0.25, 0.3) is 0 Å². The number of benzene rings is 1. The summed E-state index contributed by atoms with van der Waals surface area (Å²) in [6.07, 6.45) is -3.04. The average molecular weight is 343 g/mol. The number of ketones is 1. The molecule has 0 bridgehead atoms. The lowest BCUT2D eigenvalue weighted by molar-refractivity contribution is -0.171. The second-order valence-corrected chi connectivity index (χ2v) is 6.24. The summed E-state index contributed by atoms with van der Waals surface area (Å²) in [6.45, 7) is 2.78. The predicted octanol–water partition coefficient (Wildman–Crippen LogP) is 3.19. The van der Waals surface area contributed by atoms with Crippen LogP contribution < -0.4 is 5.32 Å². The van der Waals surface area contributed by atoms with E-state index in [1.807, 2.05) is 0 Å². The molecule has 0 aliphatic heterocycles. The number of halogens is 3. The molecule has 2 atom stereocenters. The molecule has 0 unspecified atom stereocenters. The van der Waals surface area contributed by atoms with Crippen LogP contribution in [-0.4, -0.2) is 24.4 Å². The fraction of sp³-hybridized carbons (Fsp3) is 0.529. The second-order valence-electron chi connectivity index (χ2n) is 6.24. The van der Waals surface area contributed by atoms with Crippen molar-refractivity contribution in [1.82, 2.24) is 5.32 Å². The van der Waals surface area contributed by atoms with E-state index >= 15 is 0 Å². The van der Waals surface area contributed by atoms with Gasteiger partial charge in [0.15, 0.2) is 5.60 Å². The third kappa shape index (κ3) is 3.17. The highest BCUT2D eigenvalue weighted by molar-refractivity contribution is 5.98. The van der Waals surface area contributed by atoms with E-state index in [1.165, 1.54) is 19.1 Å². The van der Waals surface area contributed by atoms with Crippen LogP contribution in [-0.2, 0) is 26.0 Å². The Morgan fingerprint density at radius 3 is 2.25 bits per heavy atom. The molecule has 1 aliphatic rings. The summed E-state index contributed by atoms with van der Waals surface area (Å²) in [5.41, 5.74) is -2.81. The topological polar surface area (TPSA) is 55.4 Å². The maximum atomic E-state index is 13.1. The van der Waals surface area contributed by atoms with Crippen LogP contribution >= 0.6 is 0 Å². The molecule has 24 heavy (non-hydrogen) atoms. The van der Waals surface area contributed by atoms with Crippen molar-refractivity contribution in [3.05, 3.63) is 35.4 Å². The Labute approximate surface area is 138 Å². The smallest absolute Gasteiger partial charge is 0.416 e. The fourth-order valence-corrected chi connectivity index (χ4v) is 3.39. The summed E-state index contributed by atoms with van der Waals surface area (Å²) in [7, 11) is 1.58. The number of Topliss-reactive ketones (excluding diaryl/α,β-unsaturated/α-hetero) is 1. The third-order valence-electron chi connectivity index (χ3n) is 4.57. The molecule has 0 radical (unpaired) electrons. The number of carbonyl (C=O) groups is 2. The van der Waals surface area contributed by atoms with E-state index in [2.05, 4.69) is 5.32 Å². The first kappa shape index (κ1) is 18.4. The monoisotopic (exact) mass is 343 g/mol. The number of likely N-dealkylation sites (N-methyl/N-ethyl adjacent to an activating group) is 1. The van der Waals surface area contributed by atoms with Crippen LogP contribution in [0.4, 0.5) is 13.2 Å². The van der Waals surface area contributed by atoms with Crippen LogP contribution in [0, 0.1) is 0 Å². The summed E-state index contributed by atoms with van der Waals surface area (Å²) in [5.74, 6) is -0.913. The second kappa shape index (κ2) is 6.20. The summed E-state index contributed by atoms with van der Waals surface area (Å²) in [4.78, 5) is 24.4. The molecule has 0 aromatic heterocycles. The molecule has 1 fully saturated rings. The van der Waals surface area contributed by atoms with Gasteiger partial charge in [0.2, 0.25) is 5.78 Å². The molecule has 132 valence electrons. The Morgan fingerprint density at radius 2 is 1.79 bits per heavy atom. The van der Waals surface area contributed by atoms with Crippen molar-refractivity contribution in [2.75, 3.05) is 7.05 Å².